The zero-order chi connectivity index (χ0) is 19.8. The summed E-state index contributed by atoms with van der Waals surface area (Å²) in [6, 6.07) is 4.05. The smallest absolute Gasteiger partial charge is 0.348 e. The number of imidazole rings is 1. The minimum atomic E-state index is -0.317. The van der Waals surface area contributed by atoms with Crippen molar-refractivity contribution >= 4 is 39.0 Å². The SMILES string of the molecule is CCOC(=O)c1sc2nc(C)nc(NCc3cn4cccc(C)c4n3)c2c1C. The molecule has 0 radical (unpaired) electrons. The molecule has 4 aromatic rings. The van der Waals surface area contributed by atoms with Crippen LogP contribution in [0.2, 0.25) is 0 Å². The van der Waals surface area contributed by atoms with Gasteiger partial charge < -0.3 is 14.5 Å². The van der Waals surface area contributed by atoms with Crippen LogP contribution in [-0.4, -0.2) is 31.9 Å². The fraction of sp³-hybridized carbons (Fsp3) is 0.300. The van der Waals surface area contributed by atoms with Gasteiger partial charge in [-0.3, -0.25) is 0 Å². The van der Waals surface area contributed by atoms with Crippen LogP contribution >= 0.6 is 11.3 Å². The Labute approximate surface area is 166 Å². The Balaban J connectivity index is 1.69. The summed E-state index contributed by atoms with van der Waals surface area (Å²) in [7, 11) is 0. The van der Waals surface area contributed by atoms with Crippen molar-refractivity contribution in [3.05, 3.63) is 52.0 Å². The highest BCUT2D eigenvalue weighted by Crippen LogP contribution is 2.34. The van der Waals surface area contributed by atoms with Crippen LogP contribution in [0.3, 0.4) is 0 Å². The van der Waals surface area contributed by atoms with Gasteiger partial charge in [-0.25, -0.2) is 19.7 Å². The van der Waals surface area contributed by atoms with E-state index in [1.165, 1.54) is 11.3 Å². The van der Waals surface area contributed by atoms with Crippen LogP contribution in [0.25, 0.3) is 15.9 Å². The minimum absolute atomic E-state index is 0.317. The van der Waals surface area contributed by atoms with Gasteiger partial charge in [0.1, 0.15) is 27.0 Å². The van der Waals surface area contributed by atoms with Gasteiger partial charge in [-0.05, 0) is 44.9 Å². The molecule has 28 heavy (non-hydrogen) atoms. The molecule has 8 heteroatoms. The van der Waals surface area contributed by atoms with Crippen molar-refractivity contribution in [2.75, 3.05) is 11.9 Å². The highest BCUT2D eigenvalue weighted by Gasteiger charge is 2.21. The van der Waals surface area contributed by atoms with Crippen LogP contribution in [0.1, 0.15) is 39.2 Å². The molecule has 0 fully saturated rings. The standard InChI is InChI=1S/C20H21N5O2S/c1-5-27-20(26)16-12(3)15-17(22-13(4)23-19(15)28-16)21-9-14-10-25-8-6-7-11(2)18(25)24-14/h6-8,10H,5,9H2,1-4H3,(H,21,22,23). The van der Waals surface area contributed by atoms with Crippen LogP contribution in [0.15, 0.2) is 24.5 Å². The molecule has 0 saturated carbocycles. The van der Waals surface area contributed by atoms with E-state index in [0.29, 0.717) is 29.7 Å². The van der Waals surface area contributed by atoms with E-state index in [4.69, 9.17) is 9.72 Å². The van der Waals surface area contributed by atoms with Crippen LogP contribution < -0.4 is 5.32 Å². The average molecular weight is 395 g/mol. The van der Waals surface area contributed by atoms with Gasteiger partial charge in [0.2, 0.25) is 0 Å². The van der Waals surface area contributed by atoms with Crippen molar-refractivity contribution in [2.24, 2.45) is 0 Å². The number of thiophene rings is 1. The molecule has 0 amide bonds. The van der Waals surface area contributed by atoms with Gasteiger partial charge in [0.25, 0.3) is 0 Å². The molecule has 0 saturated heterocycles. The second-order valence-corrected chi connectivity index (χ2v) is 7.58. The largest absolute Gasteiger partial charge is 0.462 e. The molecule has 0 atom stereocenters. The number of ether oxygens (including phenoxy) is 1. The average Bonchev–Trinajstić information content (AvgIpc) is 3.22. The summed E-state index contributed by atoms with van der Waals surface area (Å²) in [6.07, 6.45) is 3.99. The quantitative estimate of drug-likeness (QED) is 0.513. The second kappa shape index (κ2) is 7.20. The van der Waals surface area contributed by atoms with Crippen molar-refractivity contribution in [1.82, 2.24) is 19.4 Å². The van der Waals surface area contributed by atoms with Crippen molar-refractivity contribution in [3.63, 3.8) is 0 Å². The van der Waals surface area contributed by atoms with Gasteiger partial charge in [-0.15, -0.1) is 11.3 Å². The summed E-state index contributed by atoms with van der Waals surface area (Å²) in [5.41, 5.74) is 3.82. The van der Waals surface area contributed by atoms with E-state index in [1.54, 1.807) is 6.92 Å². The Hall–Kier alpha value is -3.00. The number of esters is 1. The highest BCUT2D eigenvalue weighted by molar-refractivity contribution is 7.20. The molecule has 0 bridgehead atoms. The summed E-state index contributed by atoms with van der Waals surface area (Å²) >= 11 is 1.34. The molecule has 1 N–H and O–H groups in total. The third-order valence-corrected chi connectivity index (χ3v) is 5.69. The van der Waals surface area contributed by atoms with E-state index in [1.807, 2.05) is 49.7 Å². The number of carbonyl (C=O) groups excluding carboxylic acids is 1. The lowest BCUT2D eigenvalue weighted by atomic mass is 10.2. The number of anilines is 1. The zero-order valence-electron chi connectivity index (χ0n) is 16.2. The Morgan fingerprint density at radius 2 is 2.07 bits per heavy atom. The maximum Gasteiger partial charge on any atom is 0.348 e. The Morgan fingerprint density at radius 1 is 1.25 bits per heavy atom. The number of aromatic nitrogens is 4. The van der Waals surface area contributed by atoms with Crippen molar-refractivity contribution in [2.45, 2.75) is 34.2 Å². The predicted molar refractivity (Wildman–Crippen MR) is 110 cm³/mol. The molecule has 4 heterocycles. The predicted octanol–water partition coefficient (Wildman–Crippen LogP) is 4.05. The Kier molecular flexibility index (Phi) is 4.72. The fourth-order valence-corrected chi connectivity index (χ4v) is 4.35. The molecule has 0 aliphatic rings. The molecule has 0 unspecified atom stereocenters. The first kappa shape index (κ1) is 18.4. The van der Waals surface area contributed by atoms with Crippen LogP contribution in [0.4, 0.5) is 5.82 Å². The van der Waals surface area contributed by atoms with Gasteiger partial charge in [0.15, 0.2) is 0 Å². The number of rotatable bonds is 5. The number of hydrogen-bond donors (Lipinski definition) is 1. The fourth-order valence-electron chi connectivity index (χ4n) is 3.23. The zero-order valence-corrected chi connectivity index (χ0v) is 17.1. The second-order valence-electron chi connectivity index (χ2n) is 6.58. The number of aryl methyl sites for hydroxylation is 3. The lowest BCUT2D eigenvalue weighted by Crippen LogP contribution is -2.05. The minimum Gasteiger partial charge on any atom is -0.462 e. The summed E-state index contributed by atoms with van der Waals surface area (Å²) in [4.78, 5) is 27.4. The van der Waals surface area contributed by atoms with Crippen molar-refractivity contribution in [3.8, 4) is 0 Å². The summed E-state index contributed by atoms with van der Waals surface area (Å²) < 4.78 is 7.19. The van der Waals surface area contributed by atoms with Crippen LogP contribution in [0.5, 0.6) is 0 Å². The molecular formula is C20H21N5O2S. The van der Waals surface area contributed by atoms with E-state index < -0.39 is 0 Å². The van der Waals surface area contributed by atoms with Gasteiger partial charge in [0.05, 0.1) is 24.2 Å². The third-order valence-electron chi connectivity index (χ3n) is 4.53. The first-order chi connectivity index (χ1) is 13.5. The lowest BCUT2D eigenvalue weighted by Gasteiger charge is -2.07. The normalized spacial score (nSPS) is 11.3. The monoisotopic (exact) mass is 395 g/mol. The number of fused-ring (bicyclic) bond motifs is 2. The third kappa shape index (κ3) is 3.20. The summed E-state index contributed by atoms with van der Waals surface area (Å²) in [5, 5.41) is 4.24. The molecular weight excluding hydrogens is 374 g/mol. The number of nitrogens with one attached hydrogen (secondary N) is 1. The molecule has 0 aliphatic carbocycles. The first-order valence-corrected chi connectivity index (χ1v) is 9.91. The maximum atomic E-state index is 12.2. The van der Waals surface area contributed by atoms with E-state index >= 15 is 0 Å². The van der Waals surface area contributed by atoms with E-state index in [-0.39, 0.29) is 5.97 Å². The maximum absolute atomic E-state index is 12.2. The van der Waals surface area contributed by atoms with Crippen LogP contribution in [-0.2, 0) is 11.3 Å². The molecule has 0 aromatic carbocycles. The number of hydrogen-bond acceptors (Lipinski definition) is 7. The molecule has 4 rings (SSSR count). The molecule has 144 valence electrons. The molecule has 0 spiro atoms. The molecule has 7 nitrogen and oxygen atoms in total. The summed E-state index contributed by atoms with van der Waals surface area (Å²) in [5.74, 6) is 1.04. The van der Waals surface area contributed by atoms with Crippen molar-refractivity contribution < 1.29 is 9.53 Å². The Bertz CT molecular complexity index is 1190. The topological polar surface area (TPSA) is 81.4 Å². The Morgan fingerprint density at radius 3 is 2.82 bits per heavy atom. The van der Waals surface area contributed by atoms with Crippen LogP contribution in [0, 0.1) is 20.8 Å². The van der Waals surface area contributed by atoms with Gasteiger partial charge in [-0.2, -0.15) is 0 Å². The van der Waals surface area contributed by atoms with E-state index in [9.17, 15) is 4.79 Å². The summed E-state index contributed by atoms with van der Waals surface area (Å²) in [6.45, 7) is 8.46. The number of pyridine rings is 1. The lowest BCUT2D eigenvalue weighted by molar-refractivity contribution is 0.0531. The van der Waals surface area contributed by atoms with Gasteiger partial charge >= 0.3 is 5.97 Å². The highest BCUT2D eigenvalue weighted by atomic mass is 32.1. The molecule has 4 aromatic heterocycles. The first-order valence-electron chi connectivity index (χ1n) is 9.10. The van der Waals surface area contributed by atoms with E-state index in [2.05, 4.69) is 15.3 Å². The van der Waals surface area contributed by atoms with Crippen molar-refractivity contribution in [1.29, 1.82) is 0 Å². The molecule has 0 aliphatic heterocycles. The number of nitrogens with zero attached hydrogens (tertiary/aromatic N) is 4. The van der Waals surface area contributed by atoms with Gasteiger partial charge in [-0.1, -0.05) is 6.07 Å². The van der Waals surface area contributed by atoms with E-state index in [0.717, 1.165) is 32.7 Å². The number of carbonyl (C=O) groups is 1. The van der Waals surface area contributed by atoms with Gasteiger partial charge in [0, 0.05) is 12.4 Å².